The number of fused-ring (bicyclic) bond motifs is 2. The lowest BCUT2D eigenvalue weighted by molar-refractivity contribution is -0.118. The van der Waals surface area contributed by atoms with Crippen molar-refractivity contribution in [2.24, 2.45) is 5.92 Å². The third-order valence-electron chi connectivity index (χ3n) is 5.16. The molecule has 4 aromatic rings. The minimum absolute atomic E-state index is 0.00899. The Morgan fingerprint density at radius 2 is 2.00 bits per heavy atom. The molecule has 12 heteroatoms. The van der Waals surface area contributed by atoms with Crippen LogP contribution in [0.1, 0.15) is 19.3 Å². The number of imidazole rings is 1. The number of rotatable bonds is 5. The van der Waals surface area contributed by atoms with Crippen LogP contribution in [0.3, 0.4) is 0 Å². The molecule has 1 aliphatic heterocycles. The predicted molar refractivity (Wildman–Crippen MR) is 112 cm³/mol. The molecule has 2 aliphatic rings. The highest BCUT2D eigenvalue weighted by molar-refractivity contribution is 7.99. The van der Waals surface area contributed by atoms with Crippen LogP contribution < -0.4 is 15.8 Å². The van der Waals surface area contributed by atoms with Gasteiger partial charge in [0.25, 0.3) is 0 Å². The van der Waals surface area contributed by atoms with Gasteiger partial charge in [0.05, 0.1) is 11.9 Å². The molecule has 1 aliphatic carbocycles. The lowest BCUT2D eigenvalue weighted by atomic mass is 10.3. The van der Waals surface area contributed by atoms with E-state index < -0.39 is 0 Å². The van der Waals surface area contributed by atoms with E-state index in [0.29, 0.717) is 40.3 Å². The summed E-state index contributed by atoms with van der Waals surface area (Å²) in [5.74, 6) is 0.640. The molecule has 11 nitrogen and oxygen atoms in total. The first kappa shape index (κ1) is 18.3. The minimum atomic E-state index is 0.00899. The highest BCUT2D eigenvalue weighted by atomic mass is 32.2. The maximum Gasteiger partial charge on any atom is 0.242 e. The van der Waals surface area contributed by atoms with Gasteiger partial charge in [-0.15, -0.1) is 10.2 Å². The van der Waals surface area contributed by atoms with E-state index in [2.05, 4.69) is 31.0 Å². The average Bonchev–Trinajstić information content (AvgIpc) is 3.24. The highest BCUT2D eigenvalue weighted by Crippen LogP contribution is 2.30. The van der Waals surface area contributed by atoms with Gasteiger partial charge in [0.2, 0.25) is 17.0 Å². The first-order valence-electron chi connectivity index (χ1n) is 9.90. The Balaban J connectivity index is 1.27. The molecular weight excluding hydrogens is 418 g/mol. The number of amides is 2. The topological polar surface area (TPSA) is 122 Å². The fourth-order valence-corrected chi connectivity index (χ4v) is 4.20. The molecule has 0 atom stereocenters. The van der Waals surface area contributed by atoms with E-state index in [4.69, 9.17) is 0 Å². The van der Waals surface area contributed by atoms with Crippen LogP contribution in [0.15, 0.2) is 46.8 Å². The van der Waals surface area contributed by atoms with E-state index >= 15 is 0 Å². The summed E-state index contributed by atoms with van der Waals surface area (Å²) in [4.78, 5) is 28.4. The van der Waals surface area contributed by atoms with Crippen LogP contribution in [-0.2, 0) is 9.59 Å². The van der Waals surface area contributed by atoms with Crippen molar-refractivity contribution in [3.63, 3.8) is 0 Å². The zero-order chi connectivity index (χ0) is 20.9. The number of anilines is 2. The van der Waals surface area contributed by atoms with Crippen molar-refractivity contribution >= 4 is 46.4 Å². The van der Waals surface area contributed by atoms with Crippen LogP contribution in [0, 0.1) is 5.92 Å². The normalized spacial score (nSPS) is 16.5. The number of aromatic nitrogens is 6. The van der Waals surface area contributed by atoms with Crippen molar-refractivity contribution in [2.45, 2.75) is 29.4 Å². The summed E-state index contributed by atoms with van der Waals surface area (Å²) >= 11 is 1.35. The van der Waals surface area contributed by atoms with Gasteiger partial charge < -0.3 is 5.32 Å². The molecule has 4 aromatic heterocycles. The average molecular weight is 435 g/mol. The SMILES string of the molecule is O=C(Nc1cn2nc(Sc3nnc4ccc(N5NCCC5=O)cn34)ccc2n1)C1CC1. The molecule has 31 heavy (non-hydrogen) atoms. The van der Waals surface area contributed by atoms with E-state index in [9.17, 15) is 9.59 Å². The van der Waals surface area contributed by atoms with Gasteiger partial charge >= 0.3 is 0 Å². The number of carbonyl (C=O) groups excluding carboxylic acids is 2. The van der Waals surface area contributed by atoms with Crippen molar-refractivity contribution in [1.29, 1.82) is 0 Å². The third kappa shape index (κ3) is 3.39. The van der Waals surface area contributed by atoms with Crippen molar-refractivity contribution < 1.29 is 9.59 Å². The molecule has 156 valence electrons. The molecule has 1 saturated carbocycles. The van der Waals surface area contributed by atoms with E-state index in [1.165, 1.54) is 11.8 Å². The van der Waals surface area contributed by atoms with E-state index in [-0.39, 0.29) is 17.7 Å². The Bertz CT molecular complexity index is 1340. The second-order valence-electron chi connectivity index (χ2n) is 7.45. The maximum absolute atomic E-state index is 12.0. The van der Waals surface area contributed by atoms with Gasteiger partial charge in [-0.25, -0.2) is 19.9 Å². The molecule has 0 bridgehead atoms. The lowest BCUT2D eigenvalue weighted by Gasteiger charge is -2.15. The smallest absolute Gasteiger partial charge is 0.242 e. The van der Waals surface area contributed by atoms with Crippen LogP contribution in [0.4, 0.5) is 11.5 Å². The van der Waals surface area contributed by atoms with E-state index in [1.54, 1.807) is 15.7 Å². The minimum Gasteiger partial charge on any atom is -0.309 e. The first-order valence-corrected chi connectivity index (χ1v) is 10.7. The predicted octanol–water partition coefficient (Wildman–Crippen LogP) is 1.51. The monoisotopic (exact) mass is 435 g/mol. The van der Waals surface area contributed by atoms with Gasteiger partial charge in [-0.1, -0.05) is 0 Å². The third-order valence-corrected chi connectivity index (χ3v) is 6.05. The molecule has 2 N–H and O–H groups in total. The quantitative estimate of drug-likeness (QED) is 0.484. The van der Waals surface area contributed by atoms with Gasteiger partial charge in [0.1, 0.15) is 5.03 Å². The van der Waals surface area contributed by atoms with Crippen molar-refractivity contribution in [3.8, 4) is 0 Å². The van der Waals surface area contributed by atoms with Gasteiger partial charge in [0, 0.05) is 25.1 Å². The summed E-state index contributed by atoms with van der Waals surface area (Å²) in [5, 5.41) is 18.7. The summed E-state index contributed by atoms with van der Waals surface area (Å²) in [6.07, 6.45) is 5.88. The summed E-state index contributed by atoms with van der Waals surface area (Å²) < 4.78 is 3.46. The van der Waals surface area contributed by atoms with Crippen LogP contribution >= 0.6 is 11.8 Å². The van der Waals surface area contributed by atoms with Crippen molar-refractivity contribution in [3.05, 3.63) is 36.7 Å². The Hall–Kier alpha value is -3.51. The Kier molecular flexibility index (Phi) is 4.14. The number of hydrogen-bond donors (Lipinski definition) is 2. The number of nitrogens with one attached hydrogen (secondary N) is 2. The van der Waals surface area contributed by atoms with Crippen LogP contribution in [0.5, 0.6) is 0 Å². The molecule has 0 aromatic carbocycles. The second-order valence-corrected chi connectivity index (χ2v) is 8.44. The van der Waals surface area contributed by atoms with Gasteiger partial charge in [-0.2, -0.15) is 5.10 Å². The molecule has 0 spiro atoms. The van der Waals surface area contributed by atoms with Crippen molar-refractivity contribution in [1.82, 2.24) is 34.6 Å². The largest absolute Gasteiger partial charge is 0.309 e. The zero-order valence-electron chi connectivity index (χ0n) is 16.2. The summed E-state index contributed by atoms with van der Waals surface area (Å²) in [5.41, 5.74) is 5.11. The molecule has 1 saturated heterocycles. The highest BCUT2D eigenvalue weighted by Gasteiger charge is 2.30. The van der Waals surface area contributed by atoms with E-state index in [1.807, 2.05) is 34.9 Å². The van der Waals surface area contributed by atoms with Gasteiger partial charge in [0.15, 0.2) is 17.1 Å². The molecular formula is C19H17N9O2S. The van der Waals surface area contributed by atoms with Gasteiger partial charge in [-0.3, -0.25) is 14.0 Å². The van der Waals surface area contributed by atoms with E-state index in [0.717, 1.165) is 18.5 Å². The standard InChI is InChI=1S/C19H17N9O2S/c29-17-7-8-20-28(17)12-3-4-15-23-24-19(26(15)9-12)31-16-6-5-14-21-13(10-27(14)25-16)22-18(30)11-1-2-11/h3-6,9-11,20H,1-2,7-8H2,(H,22,30). The molecule has 0 unspecified atom stereocenters. The Morgan fingerprint density at radius 3 is 2.81 bits per heavy atom. The van der Waals surface area contributed by atoms with Crippen LogP contribution in [0.2, 0.25) is 0 Å². The van der Waals surface area contributed by atoms with Gasteiger partial charge in [-0.05, 0) is 48.9 Å². The van der Waals surface area contributed by atoms with Crippen molar-refractivity contribution in [2.75, 3.05) is 16.9 Å². The zero-order valence-corrected chi connectivity index (χ0v) is 17.0. The maximum atomic E-state index is 12.0. The lowest BCUT2D eigenvalue weighted by Crippen LogP contribution is -2.34. The molecule has 6 rings (SSSR count). The number of nitrogens with zero attached hydrogens (tertiary/aromatic N) is 7. The Labute approximate surface area is 179 Å². The van der Waals surface area contributed by atoms with Crippen LogP contribution in [0.25, 0.3) is 11.3 Å². The number of carbonyl (C=O) groups is 2. The molecule has 2 amide bonds. The fourth-order valence-electron chi connectivity index (χ4n) is 3.42. The summed E-state index contributed by atoms with van der Waals surface area (Å²) in [6.45, 7) is 0.624. The van der Waals surface area contributed by atoms with Crippen LogP contribution in [-0.4, -0.2) is 47.6 Å². The second kappa shape index (κ2) is 7.03. The fraction of sp³-hybridized carbons (Fsp3) is 0.263. The first-order chi connectivity index (χ1) is 15.1. The number of hydrogen-bond acceptors (Lipinski definition) is 8. The summed E-state index contributed by atoms with van der Waals surface area (Å²) in [6, 6.07) is 7.34. The molecule has 2 fully saturated rings. The number of pyridine rings is 1. The molecule has 0 radical (unpaired) electrons. The Morgan fingerprint density at radius 1 is 1.13 bits per heavy atom. The molecule has 5 heterocycles. The summed E-state index contributed by atoms with van der Waals surface area (Å²) in [7, 11) is 0. The number of hydrazine groups is 1.